The third-order valence-electron chi connectivity index (χ3n) is 4.22. The lowest BCUT2D eigenvalue weighted by atomic mass is 10.1. The van der Waals surface area contributed by atoms with E-state index in [0.717, 1.165) is 0 Å². The molecule has 0 aliphatic carbocycles. The van der Waals surface area contributed by atoms with E-state index in [4.69, 9.17) is 21.7 Å². The number of methoxy groups -OCH3 is 1. The first-order chi connectivity index (χ1) is 14.4. The minimum absolute atomic E-state index is 0.0518. The van der Waals surface area contributed by atoms with E-state index >= 15 is 0 Å². The van der Waals surface area contributed by atoms with Crippen LogP contribution in [0.4, 0.5) is 5.69 Å². The SMILES string of the molecule is COc1cc(C=C2C(=O)NC(=S)N(C)C2=O)ccc1OCC(=O)Nc1ccccc1. The highest BCUT2D eigenvalue weighted by Gasteiger charge is 2.30. The number of carbonyl (C=O) groups excluding carboxylic acids is 3. The van der Waals surface area contributed by atoms with Crippen LogP contribution in [0.25, 0.3) is 6.08 Å². The van der Waals surface area contributed by atoms with Crippen LogP contribution in [0.1, 0.15) is 5.56 Å². The molecule has 0 bridgehead atoms. The molecule has 3 rings (SSSR count). The molecule has 9 heteroatoms. The maximum absolute atomic E-state index is 12.3. The molecule has 2 aromatic carbocycles. The summed E-state index contributed by atoms with van der Waals surface area (Å²) < 4.78 is 10.9. The molecule has 1 fully saturated rings. The first-order valence-corrected chi connectivity index (χ1v) is 9.30. The van der Waals surface area contributed by atoms with E-state index in [-0.39, 0.29) is 23.2 Å². The van der Waals surface area contributed by atoms with Crippen molar-refractivity contribution in [3.8, 4) is 11.5 Å². The number of ether oxygens (including phenoxy) is 2. The maximum atomic E-state index is 12.3. The number of benzene rings is 2. The molecule has 0 radical (unpaired) electrons. The van der Waals surface area contributed by atoms with Crippen molar-refractivity contribution >= 4 is 46.8 Å². The summed E-state index contributed by atoms with van der Waals surface area (Å²) in [6.07, 6.45) is 1.43. The second kappa shape index (κ2) is 9.19. The Balaban J connectivity index is 1.72. The number of thiocarbonyl (C=S) groups is 1. The van der Waals surface area contributed by atoms with Gasteiger partial charge in [0.2, 0.25) is 0 Å². The van der Waals surface area contributed by atoms with Gasteiger partial charge in [-0.2, -0.15) is 0 Å². The van der Waals surface area contributed by atoms with E-state index in [1.54, 1.807) is 30.3 Å². The van der Waals surface area contributed by atoms with Gasteiger partial charge in [0.25, 0.3) is 17.7 Å². The normalized spacial score (nSPS) is 15.1. The Hall–Kier alpha value is -3.72. The van der Waals surface area contributed by atoms with Crippen molar-refractivity contribution < 1.29 is 23.9 Å². The number of para-hydroxylation sites is 1. The number of amides is 3. The summed E-state index contributed by atoms with van der Waals surface area (Å²) in [5.41, 5.74) is 1.16. The first kappa shape index (κ1) is 21.0. The van der Waals surface area contributed by atoms with Crippen molar-refractivity contribution in [1.82, 2.24) is 10.2 Å². The molecule has 2 N–H and O–H groups in total. The number of nitrogens with zero attached hydrogens (tertiary/aromatic N) is 1. The smallest absolute Gasteiger partial charge is 0.265 e. The number of hydrogen-bond donors (Lipinski definition) is 2. The molecule has 8 nitrogen and oxygen atoms in total. The van der Waals surface area contributed by atoms with Gasteiger partial charge in [0, 0.05) is 12.7 Å². The van der Waals surface area contributed by atoms with Gasteiger partial charge in [-0.15, -0.1) is 0 Å². The predicted octanol–water partition coefficient (Wildman–Crippen LogP) is 1.97. The van der Waals surface area contributed by atoms with Crippen LogP contribution in [0.5, 0.6) is 11.5 Å². The summed E-state index contributed by atoms with van der Waals surface area (Å²) in [5.74, 6) is -0.691. The highest BCUT2D eigenvalue weighted by molar-refractivity contribution is 7.80. The Morgan fingerprint density at radius 3 is 2.60 bits per heavy atom. The highest BCUT2D eigenvalue weighted by Crippen LogP contribution is 2.29. The van der Waals surface area contributed by atoms with Crippen molar-refractivity contribution in [2.24, 2.45) is 0 Å². The topological polar surface area (TPSA) is 97.0 Å². The Labute approximate surface area is 178 Å². The standard InChI is InChI=1S/C21H19N3O5S/c1-24-20(27)15(19(26)23-21(24)30)10-13-8-9-16(17(11-13)28-2)29-12-18(25)22-14-6-4-3-5-7-14/h3-11H,12H2,1-2H3,(H,22,25)(H,23,26,30). The van der Waals surface area contributed by atoms with Crippen LogP contribution in [-0.2, 0) is 14.4 Å². The minimum atomic E-state index is -0.569. The van der Waals surface area contributed by atoms with Gasteiger partial charge in [-0.1, -0.05) is 24.3 Å². The quantitative estimate of drug-likeness (QED) is 0.417. The second-order valence-corrected chi connectivity index (χ2v) is 6.68. The van der Waals surface area contributed by atoms with Gasteiger partial charge >= 0.3 is 0 Å². The lowest BCUT2D eigenvalue weighted by molar-refractivity contribution is -0.128. The number of likely N-dealkylation sites (N-methyl/N-ethyl adjacent to an activating group) is 1. The van der Waals surface area contributed by atoms with E-state index in [1.807, 2.05) is 18.2 Å². The minimum Gasteiger partial charge on any atom is -0.493 e. The van der Waals surface area contributed by atoms with Gasteiger partial charge < -0.3 is 14.8 Å². The number of nitrogens with one attached hydrogen (secondary N) is 2. The Morgan fingerprint density at radius 2 is 1.90 bits per heavy atom. The van der Waals surface area contributed by atoms with Gasteiger partial charge in [-0.3, -0.25) is 24.6 Å². The first-order valence-electron chi connectivity index (χ1n) is 8.90. The van der Waals surface area contributed by atoms with Crippen molar-refractivity contribution in [2.75, 3.05) is 26.1 Å². The van der Waals surface area contributed by atoms with Crippen LogP contribution in [-0.4, -0.2) is 48.5 Å². The van der Waals surface area contributed by atoms with E-state index in [2.05, 4.69) is 10.6 Å². The maximum Gasteiger partial charge on any atom is 0.265 e. The Bertz CT molecular complexity index is 1040. The zero-order valence-corrected chi connectivity index (χ0v) is 17.1. The second-order valence-electron chi connectivity index (χ2n) is 6.29. The molecule has 2 aromatic rings. The fourth-order valence-electron chi connectivity index (χ4n) is 2.67. The average molecular weight is 425 g/mol. The van der Waals surface area contributed by atoms with E-state index < -0.39 is 11.8 Å². The summed E-state index contributed by atoms with van der Waals surface area (Å²) in [6.45, 7) is -0.213. The van der Waals surface area contributed by atoms with Crippen molar-refractivity contribution in [2.45, 2.75) is 0 Å². The summed E-state index contributed by atoms with van der Waals surface area (Å²) in [7, 11) is 2.93. The largest absolute Gasteiger partial charge is 0.493 e. The molecule has 1 saturated heterocycles. The average Bonchev–Trinajstić information content (AvgIpc) is 2.74. The number of anilines is 1. The molecule has 0 spiro atoms. The summed E-state index contributed by atoms with van der Waals surface area (Å²) in [4.78, 5) is 37.7. The summed E-state index contributed by atoms with van der Waals surface area (Å²) in [5, 5.41) is 5.23. The number of hydrogen-bond acceptors (Lipinski definition) is 6. The molecule has 0 aromatic heterocycles. The van der Waals surface area contributed by atoms with Crippen molar-refractivity contribution in [1.29, 1.82) is 0 Å². The van der Waals surface area contributed by atoms with Crippen LogP contribution in [0, 0.1) is 0 Å². The molecular weight excluding hydrogens is 406 g/mol. The van der Waals surface area contributed by atoms with E-state index in [0.29, 0.717) is 22.7 Å². The molecule has 154 valence electrons. The third kappa shape index (κ3) is 4.81. The number of carbonyl (C=O) groups is 3. The van der Waals surface area contributed by atoms with Crippen LogP contribution in [0.3, 0.4) is 0 Å². The van der Waals surface area contributed by atoms with Crippen LogP contribution in [0.15, 0.2) is 54.1 Å². The van der Waals surface area contributed by atoms with Crippen molar-refractivity contribution in [3.63, 3.8) is 0 Å². The van der Waals surface area contributed by atoms with E-state index in [9.17, 15) is 14.4 Å². The van der Waals surface area contributed by atoms with Gasteiger partial charge in [0.05, 0.1) is 7.11 Å². The van der Waals surface area contributed by atoms with Crippen molar-refractivity contribution in [3.05, 3.63) is 59.7 Å². The molecular formula is C21H19N3O5S. The number of rotatable bonds is 6. The molecule has 1 aliphatic heterocycles. The Morgan fingerprint density at radius 1 is 1.17 bits per heavy atom. The predicted molar refractivity (Wildman–Crippen MR) is 115 cm³/mol. The molecule has 30 heavy (non-hydrogen) atoms. The monoisotopic (exact) mass is 425 g/mol. The molecule has 3 amide bonds. The Kier molecular flexibility index (Phi) is 6.43. The van der Waals surface area contributed by atoms with Gasteiger partial charge in [-0.25, -0.2) is 0 Å². The fourth-order valence-corrected chi connectivity index (χ4v) is 2.84. The molecule has 0 saturated carbocycles. The molecule has 0 atom stereocenters. The molecule has 0 unspecified atom stereocenters. The zero-order valence-electron chi connectivity index (χ0n) is 16.3. The van der Waals surface area contributed by atoms with Gasteiger partial charge in [0.15, 0.2) is 23.2 Å². The summed E-state index contributed by atoms with van der Waals surface area (Å²) in [6, 6.07) is 13.9. The highest BCUT2D eigenvalue weighted by atomic mass is 32.1. The lowest BCUT2D eigenvalue weighted by Crippen LogP contribution is -2.52. The fraction of sp³-hybridized carbons (Fsp3) is 0.143. The molecule has 1 aliphatic rings. The van der Waals surface area contributed by atoms with E-state index in [1.165, 1.54) is 25.1 Å². The van der Waals surface area contributed by atoms with Crippen LogP contribution >= 0.6 is 12.2 Å². The van der Waals surface area contributed by atoms with Crippen LogP contribution in [0.2, 0.25) is 0 Å². The molecule has 1 heterocycles. The third-order valence-corrected chi connectivity index (χ3v) is 4.60. The van der Waals surface area contributed by atoms with Gasteiger partial charge in [-0.05, 0) is 48.1 Å². The zero-order chi connectivity index (χ0) is 21.7. The lowest BCUT2D eigenvalue weighted by Gasteiger charge is -2.25. The van der Waals surface area contributed by atoms with Crippen LogP contribution < -0.4 is 20.1 Å². The summed E-state index contributed by atoms with van der Waals surface area (Å²) >= 11 is 4.92. The van der Waals surface area contributed by atoms with Gasteiger partial charge in [0.1, 0.15) is 5.57 Å².